The van der Waals surface area contributed by atoms with Gasteiger partial charge in [0.25, 0.3) is 0 Å². The highest BCUT2D eigenvalue weighted by atomic mass is 16.5. The molecule has 0 spiro atoms. The fraction of sp³-hybridized carbons (Fsp3) is 0.367. The van der Waals surface area contributed by atoms with Crippen molar-refractivity contribution in [2.45, 2.75) is 32.1 Å². The molecule has 0 aliphatic carbocycles. The Kier molecular flexibility index (Phi) is 6.17. The summed E-state index contributed by atoms with van der Waals surface area (Å²) in [5, 5.41) is 10.1. The SMILES string of the molecule is c1cc(N2CCCCC2)c2cc(-c3n[nH]c4ccc(-c5cncc(OCCN6CCCC6)c5)cc34)[nH]c2n1. The van der Waals surface area contributed by atoms with E-state index in [0.29, 0.717) is 6.61 Å². The van der Waals surface area contributed by atoms with Gasteiger partial charge in [-0.25, -0.2) is 4.98 Å². The number of hydrogen-bond acceptors (Lipinski definition) is 6. The van der Waals surface area contributed by atoms with Crippen LogP contribution in [0.15, 0.2) is 55.0 Å². The highest BCUT2D eigenvalue weighted by molar-refractivity contribution is 5.99. The molecule has 0 bridgehead atoms. The summed E-state index contributed by atoms with van der Waals surface area (Å²) in [4.78, 5) is 17.6. The molecule has 1 aromatic carbocycles. The summed E-state index contributed by atoms with van der Waals surface area (Å²) in [6.45, 7) is 6.21. The van der Waals surface area contributed by atoms with Gasteiger partial charge >= 0.3 is 0 Å². The lowest BCUT2D eigenvalue weighted by Gasteiger charge is -2.29. The normalized spacial score (nSPS) is 16.6. The molecule has 4 aromatic heterocycles. The highest BCUT2D eigenvalue weighted by Crippen LogP contribution is 2.35. The second kappa shape index (κ2) is 10.1. The van der Waals surface area contributed by atoms with Gasteiger partial charge in [0, 0.05) is 54.1 Å². The molecule has 7 rings (SSSR count). The molecule has 194 valence electrons. The van der Waals surface area contributed by atoms with E-state index in [-0.39, 0.29) is 0 Å². The van der Waals surface area contributed by atoms with E-state index < -0.39 is 0 Å². The number of benzene rings is 1. The number of nitrogens with zero attached hydrogens (tertiary/aromatic N) is 5. The van der Waals surface area contributed by atoms with Crippen LogP contribution < -0.4 is 9.64 Å². The Bertz CT molecular complexity index is 1560. The minimum atomic E-state index is 0.684. The maximum absolute atomic E-state index is 6.05. The molecule has 5 aromatic rings. The fourth-order valence-electron chi connectivity index (χ4n) is 5.90. The zero-order valence-corrected chi connectivity index (χ0v) is 21.6. The van der Waals surface area contributed by atoms with E-state index in [1.54, 1.807) is 6.20 Å². The van der Waals surface area contributed by atoms with Gasteiger partial charge in [-0.05, 0) is 81.1 Å². The summed E-state index contributed by atoms with van der Waals surface area (Å²) in [5.41, 5.74) is 7.14. The lowest BCUT2D eigenvalue weighted by Crippen LogP contribution is -2.29. The third-order valence-electron chi connectivity index (χ3n) is 7.94. The van der Waals surface area contributed by atoms with Crippen LogP contribution in [0.1, 0.15) is 32.1 Å². The third-order valence-corrected chi connectivity index (χ3v) is 7.94. The molecule has 2 aliphatic rings. The Morgan fingerprint density at radius 3 is 2.61 bits per heavy atom. The molecule has 38 heavy (non-hydrogen) atoms. The Morgan fingerprint density at radius 1 is 0.842 bits per heavy atom. The number of piperidine rings is 1. The predicted molar refractivity (Wildman–Crippen MR) is 152 cm³/mol. The van der Waals surface area contributed by atoms with E-state index >= 15 is 0 Å². The zero-order chi connectivity index (χ0) is 25.3. The van der Waals surface area contributed by atoms with Gasteiger partial charge in [-0.1, -0.05) is 6.07 Å². The first-order chi connectivity index (χ1) is 18.8. The molecule has 0 radical (unpaired) electrons. The molecule has 8 heteroatoms. The summed E-state index contributed by atoms with van der Waals surface area (Å²) in [6.07, 6.45) is 12.0. The van der Waals surface area contributed by atoms with Crippen molar-refractivity contribution in [1.82, 2.24) is 30.0 Å². The minimum Gasteiger partial charge on any atom is -0.491 e. The molecule has 0 saturated carbocycles. The monoisotopic (exact) mass is 507 g/mol. The van der Waals surface area contributed by atoms with E-state index in [1.807, 2.05) is 12.4 Å². The van der Waals surface area contributed by atoms with E-state index in [1.165, 1.54) is 50.9 Å². The van der Waals surface area contributed by atoms with Crippen molar-refractivity contribution in [3.8, 4) is 28.3 Å². The quantitative estimate of drug-likeness (QED) is 0.297. The van der Waals surface area contributed by atoms with Gasteiger partial charge in [0.15, 0.2) is 0 Å². The Hall–Kier alpha value is -3.91. The van der Waals surface area contributed by atoms with Crippen molar-refractivity contribution < 1.29 is 4.74 Å². The van der Waals surface area contributed by atoms with Gasteiger partial charge in [0.1, 0.15) is 23.7 Å². The van der Waals surface area contributed by atoms with Crippen LogP contribution in [-0.4, -0.2) is 69.4 Å². The smallest absolute Gasteiger partial charge is 0.139 e. The Balaban J connectivity index is 1.18. The van der Waals surface area contributed by atoms with E-state index in [2.05, 4.69) is 66.2 Å². The van der Waals surface area contributed by atoms with Gasteiger partial charge in [0.05, 0.1) is 17.4 Å². The van der Waals surface area contributed by atoms with E-state index in [0.717, 1.165) is 69.8 Å². The summed E-state index contributed by atoms with van der Waals surface area (Å²) < 4.78 is 6.05. The number of anilines is 1. The van der Waals surface area contributed by atoms with Crippen LogP contribution >= 0.6 is 0 Å². The molecule has 2 fully saturated rings. The van der Waals surface area contributed by atoms with Crippen LogP contribution in [0.2, 0.25) is 0 Å². The second-order valence-corrected chi connectivity index (χ2v) is 10.5. The molecular formula is C30H33N7O. The molecular weight excluding hydrogens is 474 g/mol. The number of rotatable bonds is 7. The van der Waals surface area contributed by atoms with Crippen molar-refractivity contribution in [2.24, 2.45) is 0 Å². The number of aromatic nitrogens is 5. The van der Waals surface area contributed by atoms with Crippen LogP contribution in [0.5, 0.6) is 5.75 Å². The number of hydrogen-bond donors (Lipinski definition) is 2. The minimum absolute atomic E-state index is 0.684. The standard InChI is InChI=1S/C30H33N7O/c1-2-12-37(13-3-1)28-8-9-32-30-25(28)18-27(33-30)29-24-17-21(6-7-26(24)34-35-29)22-16-23(20-31-19-22)38-15-14-36-10-4-5-11-36/h6-9,16-20H,1-5,10-15H2,(H,32,33)(H,34,35). The van der Waals surface area contributed by atoms with Crippen molar-refractivity contribution in [1.29, 1.82) is 0 Å². The Labute approximate surface area is 222 Å². The van der Waals surface area contributed by atoms with Crippen LogP contribution in [0.4, 0.5) is 5.69 Å². The molecule has 8 nitrogen and oxygen atoms in total. The fourth-order valence-corrected chi connectivity index (χ4v) is 5.90. The number of likely N-dealkylation sites (tertiary alicyclic amines) is 1. The lowest BCUT2D eigenvalue weighted by molar-refractivity contribution is 0.237. The molecule has 0 atom stereocenters. The van der Waals surface area contributed by atoms with E-state index in [4.69, 9.17) is 9.84 Å². The van der Waals surface area contributed by atoms with Crippen LogP contribution in [0.25, 0.3) is 44.5 Å². The van der Waals surface area contributed by atoms with Gasteiger partial charge in [-0.3, -0.25) is 15.0 Å². The van der Waals surface area contributed by atoms with Gasteiger partial charge in [0.2, 0.25) is 0 Å². The van der Waals surface area contributed by atoms with Crippen molar-refractivity contribution in [3.05, 3.63) is 55.0 Å². The van der Waals surface area contributed by atoms with Gasteiger partial charge in [-0.15, -0.1) is 0 Å². The first kappa shape index (κ1) is 23.2. The Morgan fingerprint density at radius 2 is 1.71 bits per heavy atom. The number of nitrogens with one attached hydrogen (secondary N) is 2. The number of fused-ring (bicyclic) bond motifs is 2. The number of H-pyrrole nitrogens is 2. The third kappa shape index (κ3) is 4.49. The first-order valence-electron chi connectivity index (χ1n) is 13.8. The topological polar surface area (TPSA) is 86.0 Å². The summed E-state index contributed by atoms with van der Waals surface area (Å²) >= 11 is 0. The molecule has 2 saturated heterocycles. The predicted octanol–water partition coefficient (Wildman–Crippen LogP) is 5.63. The number of aromatic amines is 2. The summed E-state index contributed by atoms with van der Waals surface area (Å²) in [5.74, 6) is 0.807. The highest BCUT2D eigenvalue weighted by Gasteiger charge is 2.18. The van der Waals surface area contributed by atoms with Crippen molar-refractivity contribution in [3.63, 3.8) is 0 Å². The maximum atomic E-state index is 6.05. The summed E-state index contributed by atoms with van der Waals surface area (Å²) in [7, 11) is 0. The summed E-state index contributed by atoms with van der Waals surface area (Å²) in [6, 6.07) is 12.8. The molecule has 2 N–H and O–H groups in total. The van der Waals surface area contributed by atoms with E-state index in [9.17, 15) is 0 Å². The largest absolute Gasteiger partial charge is 0.491 e. The van der Waals surface area contributed by atoms with Gasteiger partial charge in [-0.2, -0.15) is 5.10 Å². The van der Waals surface area contributed by atoms with Crippen molar-refractivity contribution in [2.75, 3.05) is 44.2 Å². The number of pyridine rings is 2. The van der Waals surface area contributed by atoms with Crippen LogP contribution in [0.3, 0.4) is 0 Å². The second-order valence-electron chi connectivity index (χ2n) is 10.5. The van der Waals surface area contributed by atoms with Crippen molar-refractivity contribution >= 4 is 27.6 Å². The molecule has 0 amide bonds. The average Bonchev–Trinajstić information content (AvgIpc) is 3.73. The van der Waals surface area contributed by atoms with Crippen LogP contribution in [-0.2, 0) is 0 Å². The van der Waals surface area contributed by atoms with Crippen LogP contribution in [0, 0.1) is 0 Å². The molecule has 2 aliphatic heterocycles. The van der Waals surface area contributed by atoms with Gasteiger partial charge < -0.3 is 14.6 Å². The molecule has 6 heterocycles. The molecule has 0 unspecified atom stereocenters. The zero-order valence-electron chi connectivity index (χ0n) is 21.6. The number of ether oxygens (including phenoxy) is 1. The lowest BCUT2D eigenvalue weighted by atomic mass is 10.0. The maximum Gasteiger partial charge on any atom is 0.139 e. The first-order valence-corrected chi connectivity index (χ1v) is 13.8. The average molecular weight is 508 g/mol.